The molecule has 3 nitrogen and oxygen atoms in total. The molecular weight excluding hydrogens is 176 g/mol. The SMILES string of the molecule is COCCCCNCc1ccncc1. The molecule has 1 aromatic heterocycles. The second-order valence-electron chi connectivity index (χ2n) is 3.23. The van der Waals surface area contributed by atoms with Gasteiger partial charge in [0.25, 0.3) is 0 Å². The Balaban J connectivity index is 1.99. The standard InChI is InChI=1S/C11H18N2O/c1-14-9-3-2-6-13-10-11-4-7-12-8-5-11/h4-5,7-8,13H,2-3,6,9-10H2,1H3. The molecule has 0 aliphatic carbocycles. The Morgan fingerprint density at radius 2 is 2.07 bits per heavy atom. The molecule has 0 aliphatic rings. The third-order valence-electron chi connectivity index (χ3n) is 2.03. The van der Waals surface area contributed by atoms with E-state index in [-0.39, 0.29) is 0 Å². The normalized spacial score (nSPS) is 10.4. The number of ether oxygens (including phenoxy) is 1. The first kappa shape index (κ1) is 11.1. The highest BCUT2D eigenvalue weighted by Gasteiger charge is 1.91. The Hall–Kier alpha value is -0.930. The van der Waals surface area contributed by atoms with Crippen LogP contribution >= 0.6 is 0 Å². The fraction of sp³-hybridized carbons (Fsp3) is 0.545. The van der Waals surface area contributed by atoms with E-state index in [4.69, 9.17) is 4.74 Å². The summed E-state index contributed by atoms with van der Waals surface area (Å²) in [6.07, 6.45) is 5.93. The summed E-state index contributed by atoms with van der Waals surface area (Å²) in [5, 5.41) is 3.38. The van der Waals surface area contributed by atoms with Crippen molar-refractivity contribution in [3.8, 4) is 0 Å². The fourth-order valence-corrected chi connectivity index (χ4v) is 1.23. The Labute approximate surface area is 85.5 Å². The van der Waals surface area contributed by atoms with Gasteiger partial charge in [-0.1, -0.05) is 0 Å². The van der Waals surface area contributed by atoms with Crippen LogP contribution in [-0.4, -0.2) is 25.2 Å². The summed E-state index contributed by atoms with van der Waals surface area (Å²) in [5.74, 6) is 0. The zero-order chi connectivity index (χ0) is 10.1. The molecule has 0 unspecified atom stereocenters. The van der Waals surface area contributed by atoms with Crippen molar-refractivity contribution in [1.29, 1.82) is 0 Å². The van der Waals surface area contributed by atoms with Gasteiger partial charge < -0.3 is 10.1 Å². The van der Waals surface area contributed by atoms with E-state index >= 15 is 0 Å². The lowest BCUT2D eigenvalue weighted by atomic mass is 10.2. The van der Waals surface area contributed by atoms with Crippen LogP contribution in [0.1, 0.15) is 18.4 Å². The molecule has 0 saturated heterocycles. The predicted octanol–water partition coefficient (Wildman–Crippen LogP) is 1.60. The van der Waals surface area contributed by atoms with E-state index in [1.165, 1.54) is 12.0 Å². The van der Waals surface area contributed by atoms with Crippen LogP contribution in [0.2, 0.25) is 0 Å². The van der Waals surface area contributed by atoms with Gasteiger partial charge in [0.15, 0.2) is 0 Å². The number of nitrogens with zero attached hydrogens (tertiary/aromatic N) is 1. The molecule has 1 heterocycles. The first-order valence-electron chi connectivity index (χ1n) is 5.02. The molecule has 14 heavy (non-hydrogen) atoms. The van der Waals surface area contributed by atoms with Crippen LogP contribution in [0.15, 0.2) is 24.5 Å². The highest BCUT2D eigenvalue weighted by molar-refractivity contribution is 5.08. The van der Waals surface area contributed by atoms with Crippen molar-refractivity contribution in [2.24, 2.45) is 0 Å². The predicted molar refractivity (Wildman–Crippen MR) is 57.1 cm³/mol. The van der Waals surface area contributed by atoms with Crippen molar-refractivity contribution >= 4 is 0 Å². The zero-order valence-electron chi connectivity index (χ0n) is 8.70. The van der Waals surface area contributed by atoms with Gasteiger partial charge in [0.1, 0.15) is 0 Å². The summed E-state index contributed by atoms with van der Waals surface area (Å²) in [6, 6.07) is 4.06. The number of unbranched alkanes of at least 4 members (excludes halogenated alkanes) is 1. The molecule has 3 heteroatoms. The number of aromatic nitrogens is 1. The summed E-state index contributed by atoms with van der Waals surface area (Å²) >= 11 is 0. The molecule has 0 atom stereocenters. The first-order chi connectivity index (χ1) is 6.93. The van der Waals surface area contributed by atoms with Crippen molar-refractivity contribution in [3.05, 3.63) is 30.1 Å². The van der Waals surface area contributed by atoms with Crippen LogP contribution < -0.4 is 5.32 Å². The zero-order valence-corrected chi connectivity index (χ0v) is 8.70. The highest BCUT2D eigenvalue weighted by atomic mass is 16.5. The number of hydrogen-bond acceptors (Lipinski definition) is 3. The van der Waals surface area contributed by atoms with E-state index in [0.29, 0.717) is 0 Å². The molecule has 0 aromatic carbocycles. The molecule has 0 bridgehead atoms. The lowest BCUT2D eigenvalue weighted by Gasteiger charge is -2.03. The Bertz CT molecular complexity index is 226. The largest absolute Gasteiger partial charge is 0.385 e. The van der Waals surface area contributed by atoms with Crippen molar-refractivity contribution in [2.45, 2.75) is 19.4 Å². The van der Waals surface area contributed by atoms with Crippen LogP contribution in [0.5, 0.6) is 0 Å². The maximum atomic E-state index is 4.97. The molecule has 0 aliphatic heterocycles. The molecular formula is C11H18N2O. The van der Waals surface area contributed by atoms with E-state index in [1.54, 1.807) is 7.11 Å². The number of methoxy groups -OCH3 is 1. The smallest absolute Gasteiger partial charge is 0.0462 e. The average molecular weight is 194 g/mol. The number of pyridine rings is 1. The number of nitrogens with one attached hydrogen (secondary N) is 1. The fourth-order valence-electron chi connectivity index (χ4n) is 1.23. The van der Waals surface area contributed by atoms with Crippen LogP contribution in [0.3, 0.4) is 0 Å². The molecule has 0 fully saturated rings. The number of hydrogen-bond donors (Lipinski definition) is 1. The van der Waals surface area contributed by atoms with Gasteiger partial charge in [-0.25, -0.2) is 0 Å². The van der Waals surface area contributed by atoms with Crippen LogP contribution in [-0.2, 0) is 11.3 Å². The van der Waals surface area contributed by atoms with E-state index < -0.39 is 0 Å². The van der Waals surface area contributed by atoms with Gasteiger partial charge in [-0.3, -0.25) is 4.98 Å². The van der Waals surface area contributed by atoms with Crippen molar-refractivity contribution in [1.82, 2.24) is 10.3 Å². The van der Waals surface area contributed by atoms with Gasteiger partial charge in [-0.15, -0.1) is 0 Å². The Morgan fingerprint density at radius 3 is 2.79 bits per heavy atom. The van der Waals surface area contributed by atoms with Crippen molar-refractivity contribution < 1.29 is 4.74 Å². The topological polar surface area (TPSA) is 34.1 Å². The van der Waals surface area contributed by atoms with Gasteiger partial charge in [0.05, 0.1) is 0 Å². The molecule has 0 saturated carbocycles. The van der Waals surface area contributed by atoms with Gasteiger partial charge in [-0.2, -0.15) is 0 Å². The quantitative estimate of drug-likeness (QED) is 0.669. The Morgan fingerprint density at radius 1 is 1.29 bits per heavy atom. The lowest BCUT2D eigenvalue weighted by molar-refractivity contribution is 0.192. The third kappa shape index (κ3) is 4.94. The third-order valence-corrected chi connectivity index (χ3v) is 2.03. The maximum absolute atomic E-state index is 4.97. The van der Waals surface area contributed by atoms with Crippen LogP contribution in [0, 0.1) is 0 Å². The molecule has 1 rings (SSSR count). The van der Waals surface area contributed by atoms with Crippen molar-refractivity contribution in [3.63, 3.8) is 0 Å². The summed E-state index contributed by atoms with van der Waals surface area (Å²) in [4.78, 5) is 3.97. The summed E-state index contributed by atoms with van der Waals surface area (Å²) in [7, 11) is 1.74. The highest BCUT2D eigenvalue weighted by Crippen LogP contribution is 1.95. The van der Waals surface area contributed by atoms with Gasteiger partial charge in [0.2, 0.25) is 0 Å². The summed E-state index contributed by atoms with van der Waals surface area (Å²) in [5.41, 5.74) is 1.28. The van der Waals surface area contributed by atoms with Crippen LogP contribution in [0.25, 0.3) is 0 Å². The number of rotatable bonds is 7. The van der Waals surface area contributed by atoms with E-state index in [0.717, 1.165) is 26.1 Å². The molecule has 0 amide bonds. The van der Waals surface area contributed by atoms with E-state index in [9.17, 15) is 0 Å². The minimum Gasteiger partial charge on any atom is -0.385 e. The summed E-state index contributed by atoms with van der Waals surface area (Å²) in [6.45, 7) is 2.83. The summed E-state index contributed by atoms with van der Waals surface area (Å²) < 4.78 is 4.97. The van der Waals surface area contributed by atoms with Crippen LogP contribution in [0.4, 0.5) is 0 Å². The lowest BCUT2D eigenvalue weighted by Crippen LogP contribution is -2.15. The molecule has 0 radical (unpaired) electrons. The second-order valence-corrected chi connectivity index (χ2v) is 3.23. The van der Waals surface area contributed by atoms with Crippen molar-refractivity contribution in [2.75, 3.05) is 20.3 Å². The second kappa shape index (κ2) is 7.47. The van der Waals surface area contributed by atoms with E-state index in [1.807, 2.05) is 24.5 Å². The average Bonchev–Trinajstić information content (AvgIpc) is 2.25. The maximum Gasteiger partial charge on any atom is 0.0462 e. The monoisotopic (exact) mass is 194 g/mol. The molecule has 0 spiro atoms. The first-order valence-corrected chi connectivity index (χ1v) is 5.02. The molecule has 1 aromatic rings. The molecule has 1 N–H and O–H groups in total. The minimum absolute atomic E-state index is 0.858. The Kier molecular flexibility index (Phi) is 5.95. The van der Waals surface area contributed by atoms with Gasteiger partial charge in [0, 0.05) is 32.7 Å². The van der Waals surface area contributed by atoms with Gasteiger partial charge in [-0.05, 0) is 37.1 Å². The van der Waals surface area contributed by atoms with E-state index in [2.05, 4.69) is 10.3 Å². The minimum atomic E-state index is 0.858. The van der Waals surface area contributed by atoms with Gasteiger partial charge >= 0.3 is 0 Å². The molecule has 78 valence electrons.